The minimum Gasteiger partial charge on any atom is -0.465 e. The number of carbonyl (C=O) groups is 4. The van der Waals surface area contributed by atoms with Gasteiger partial charge in [0.25, 0.3) is 11.8 Å². The highest BCUT2D eigenvalue weighted by Crippen LogP contribution is 2.29. The van der Waals surface area contributed by atoms with E-state index in [2.05, 4.69) is 20.6 Å². The Morgan fingerprint density at radius 2 is 1.00 bits per heavy atom. The van der Waals surface area contributed by atoms with E-state index in [0.717, 1.165) is 38.5 Å². The third-order valence-electron chi connectivity index (χ3n) is 6.55. The second-order valence-corrected chi connectivity index (χ2v) is 9.20. The van der Waals surface area contributed by atoms with Crippen molar-refractivity contribution in [2.24, 2.45) is 0 Å². The molecule has 0 spiro atoms. The molecule has 206 valence electrons. The highest BCUT2D eigenvalue weighted by molar-refractivity contribution is 6.03. The molecule has 2 saturated heterocycles. The highest BCUT2D eigenvalue weighted by atomic mass is 16.5. The molecule has 0 unspecified atom stereocenters. The van der Waals surface area contributed by atoms with E-state index in [9.17, 15) is 19.2 Å². The van der Waals surface area contributed by atoms with Crippen LogP contribution >= 0.6 is 0 Å². The molecule has 2 aromatic rings. The Hall–Kier alpha value is -3.84. The standard InChI is InChI=1S/C24H34N8O6/c1-3-37-17(33)15-31-21(19(25-27-31)23(35)29-11-7-5-8-12-29)22-20(24(36)30-13-9-6-10-14-30)26-28-32(22)16-18(34)38-4-2/h3-16H2,1-2H3. The van der Waals surface area contributed by atoms with Crippen molar-refractivity contribution in [2.75, 3.05) is 39.4 Å². The fourth-order valence-corrected chi connectivity index (χ4v) is 4.76. The third-order valence-corrected chi connectivity index (χ3v) is 6.55. The molecule has 2 aliphatic heterocycles. The molecule has 4 rings (SSSR count). The van der Waals surface area contributed by atoms with Gasteiger partial charge in [0, 0.05) is 26.2 Å². The van der Waals surface area contributed by atoms with Crippen LogP contribution in [0.5, 0.6) is 0 Å². The molecule has 4 heterocycles. The van der Waals surface area contributed by atoms with Gasteiger partial charge in [-0.3, -0.25) is 19.2 Å². The number of nitrogens with zero attached hydrogens (tertiary/aromatic N) is 8. The Kier molecular flexibility index (Phi) is 9.02. The van der Waals surface area contributed by atoms with E-state index in [0.29, 0.717) is 26.2 Å². The summed E-state index contributed by atoms with van der Waals surface area (Å²) >= 11 is 0. The van der Waals surface area contributed by atoms with Gasteiger partial charge in [-0.15, -0.1) is 10.2 Å². The minimum absolute atomic E-state index is 0.0451. The minimum atomic E-state index is -0.594. The summed E-state index contributed by atoms with van der Waals surface area (Å²) in [6.45, 7) is 5.19. The lowest BCUT2D eigenvalue weighted by Crippen LogP contribution is -2.37. The molecule has 2 aromatic heterocycles. The Morgan fingerprint density at radius 3 is 1.34 bits per heavy atom. The lowest BCUT2D eigenvalue weighted by Gasteiger charge is -2.27. The average Bonchev–Trinajstić information content (AvgIpc) is 3.52. The summed E-state index contributed by atoms with van der Waals surface area (Å²) < 4.78 is 12.6. The molecule has 0 aliphatic carbocycles. The second kappa shape index (κ2) is 12.6. The molecule has 0 radical (unpaired) electrons. The fraction of sp³-hybridized carbons (Fsp3) is 0.667. The summed E-state index contributed by atoms with van der Waals surface area (Å²) in [6.07, 6.45) is 5.49. The SMILES string of the molecule is CCOC(=O)Cn1nnc(C(=O)N2CCCCC2)c1-c1c(C(=O)N2CCCCC2)nnn1CC(=O)OCC. The Morgan fingerprint density at radius 1 is 0.632 bits per heavy atom. The molecule has 0 aromatic carbocycles. The average molecular weight is 531 g/mol. The van der Waals surface area contributed by atoms with Gasteiger partial charge < -0.3 is 19.3 Å². The topological polar surface area (TPSA) is 155 Å². The van der Waals surface area contributed by atoms with Crippen LogP contribution in [0.4, 0.5) is 0 Å². The summed E-state index contributed by atoms with van der Waals surface area (Å²) in [5.41, 5.74) is 0.0826. The van der Waals surface area contributed by atoms with Gasteiger partial charge in [-0.05, 0) is 52.4 Å². The summed E-state index contributed by atoms with van der Waals surface area (Å²) in [5.74, 6) is -1.95. The van der Waals surface area contributed by atoms with Crippen molar-refractivity contribution in [2.45, 2.75) is 65.5 Å². The number of aromatic nitrogens is 6. The number of rotatable bonds is 9. The smallest absolute Gasteiger partial charge is 0.327 e. The first-order valence-electron chi connectivity index (χ1n) is 13.2. The first kappa shape index (κ1) is 27.2. The highest BCUT2D eigenvalue weighted by Gasteiger charge is 2.35. The number of likely N-dealkylation sites (tertiary alicyclic amines) is 2. The largest absolute Gasteiger partial charge is 0.465 e. The van der Waals surface area contributed by atoms with E-state index in [4.69, 9.17) is 9.47 Å². The second-order valence-electron chi connectivity index (χ2n) is 9.20. The normalized spacial score (nSPS) is 15.8. The first-order chi connectivity index (χ1) is 18.4. The van der Waals surface area contributed by atoms with Crippen molar-refractivity contribution in [3.05, 3.63) is 11.4 Å². The van der Waals surface area contributed by atoms with Crippen LogP contribution in [0.25, 0.3) is 11.4 Å². The van der Waals surface area contributed by atoms with E-state index >= 15 is 0 Å². The van der Waals surface area contributed by atoms with E-state index in [-0.39, 0.29) is 60.9 Å². The maximum atomic E-state index is 13.6. The predicted molar refractivity (Wildman–Crippen MR) is 132 cm³/mol. The van der Waals surface area contributed by atoms with Gasteiger partial charge in [0.1, 0.15) is 24.5 Å². The van der Waals surface area contributed by atoms with Crippen LogP contribution in [0, 0.1) is 0 Å². The summed E-state index contributed by atoms with van der Waals surface area (Å²) in [5, 5.41) is 16.4. The zero-order valence-corrected chi connectivity index (χ0v) is 21.9. The van der Waals surface area contributed by atoms with E-state index in [1.165, 1.54) is 9.36 Å². The van der Waals surface area contributed by atoms with Crippen molar-refractivity contribution < 1.29 is 28.7 Å². The molecule has 0 bridgehead atoms. The van der Waals surface area contributed by atoms with Gasteiger partial charge in [-0.1, -0.05) is 10.4 Å². The van der Waals surface area contributed by atoms with Gasteiger partial charge in [0.15, 0.2) is 11.4 Å². The number of esters is 2. The molecule has 2 amide bonds. The van der Waals surface area contributed by atoms with Crippen LogP contribution in [0.2, 0.25) is 0 Å². The summed E-state index contributed by atoms with van der Waals surface area (Å²) in [6, 6.07) is 0. The molecule has 14 heteroatoms. The quantitative estimate of drug-likeness (QED) is 0.427. The zero-order valence-electron chi connectivity index (χ0n) is 21.9. The van der Waals surface area contributed by atoms with Crippen LogP contribution in [-0.2, 0) is 32.2 Å². The van der Waals surface area contributed by atoms with Crippen molar-refractivity contribution in [3.8, 4) is 11.4 Å². The molecule has 2 fully saturated rings. The van der Waals surface area contributed by atoms with E-state index in [1.54, 1.807) is 23.6 Å². The van der Waals surface area contributed by atoms with Gasteiger partial charge >= 0.3 is 11.9 Å². The fourth-order valence-electron chi connectivity index (χ4n) is 4.76. The third kappa shape index (κ3) is 6.00. The van der Waals surface area contributed by atoms with Crippen molar-refractivity contribution in [1.82, 2.24) is 39.8 Å². The van der Waals surface area contributed by atoms with Crippen molar-refractivity contribution in [1.29, 1.82) is 0 Å². The lowest BCUT2D eigenvalue weighted by molar-refractivity contribution is -0.145. The van der Waals surface area contributed by atoms with Crippen molar-refractivity contribution in [3.63, 3.8) is 0 Å². The molecule has 0 atom stereocenters. The van der Waals surface area contributed by atoms with Crippen LogP contribution in [0.15, 0.2) is 0 Å². The van der Waals surface area contributed by atoms with Crippen LogP contribution < -0.4 is 0 Å². The Bertz CT molecular complexity index is 1070. The van der Waals surface area contributed by atoms with Gasteiger partial charge in [0.05, 0.1) is 13.2 Å². The number of piperidine rings is 2. The number of carbonyl (C=O) groups excluding carboxylic acids is 4. The molecule has 0 saturated carbocycles. The van der Waals surface area contributed by atoms with Crippen LogP contribution in [0.3, 0.4) is 0 Å². The van der Waals surface area contributed by atoms with Gasteiger partial charge in [-0.25, -0.2) is 9.36 Å². The predicted octanol–water partition coefficient (Wildman–Crippen LogP) is 0.915. The van der Waals surface area contributed by atoms with Crippen LogP contribution in [-0.4, -0.2) is 103 Å². The number of ether oxygens (including phenoxy) is 2. The number of hydrogen-bond acceptors (Lipinski definition) is 10. The number of hydrogen-bond donors (Lipinski definition) is 0. The summed E-state index contributed by atoms with van der Waals surface area (Å²) in [4.78, 5) is 55.5. The first-order valence-corrected chi connectivity index (χ1v) is 13.2. The maximum absolute atomic E-state index is 13.6. The van der Waals surface area contributed by atoms with Gasteiger partial charge in [0.2, 0.25) is 0 Å². The van der Waals surface area contributed by atoms with Crippen molar-refractivity contribution >= 4 is 23.8 Å². The lowest BCUT2D eigenvalue weighted by atomic mass is 10.1. The van der Waals surface area contributed by atoms with E-state index in [1.807, 2.05) is 0 Å². The molecular formula is C24H34N8O6. The van der Waals surface area contributed by atoms with E-state index < -0.39 is 11.9 Å². The van der Waals surface area contributed by atoms with Crippen LogP contribution in [0.1, 0.15) is 73.3 Å². The van der Waals surface area contributed by atoms with Gasteiger partial charge in [-0.2, -0.15) is 0 Å². The number of amides is 2. The molecule has 38 heavy (non-hydrogen) atoms. The monoisotopic (exact) mass is 530 g/mol. The molecule has 0 N–H and O–H groups in total. The molecular weight excluding hydrogens is 496 g/mol. The zero-order chi connectivity index (χ0) is 27.1. The summed E-state index contributed by atoms with van der Waals surface area (Å²) in [7, 11) is 0. The maximum Gasteiger partial charge on any atom is 0.327 e. The molecule has 14 nitrogen and oxygen atoms in total. The molecule has 2 aliphatic rings. The Balaban J connectivity index is 1.84. The Labute approximate surface area is 220 Å².